The van der Waals surface area contributed by atoms with Crippen LogP contribution in [0.3, 0.4) is 0 Å². The van der Waals surface area contributed by atoms with Crippen LogP contribution in [0.5, 0.6) is 0 Å². The van der Waals surface area contributed by atoms with E-state index < -0.39 is 11.3 Å². The van der Waals surface area contributed by atoms with Crippen molar-refractivity contribution >= 4 is 12.1 Å². The summed E-state index contributed by atoms with van der Waals surface area (Å²) < 4.78 is 16.6. The molecule has 0 radical (unpaired) electrons. The standard InChI is InChI=1S/C21H39NO5/c1-9-25-18(23)12-10-11-16(13-15(2)3)17-14-26-21(7,8)22(17)19(24)27-20(4,5)6/h15-17H,9-14H2,1-8H3/t16-,17-/m0/s1. The van der Waals surface area contributed by atoms with Crippen LogP contribution in [0.1, 0.15) is 81.1 Å². The van der Waals surface area contributed by atoms with Gasteiger partial charge in [-0.15, -0.1) is 0 Å². The van der Waals surface area contributed by atoms with Gasteiger partial charge in [0.2, 0.25) is 0 Å². The second-order valence-corrected chi connectivity index (χ2v) is 9.26. The van der Waals surface area contributed by atoms with Gasteiger partial charge in [-0.2, -0.15) is 0 Å². The summed E-state index contributed by atoms with van der Waals surface area (Å²) in [5.74, 6) is 0.573. The molecule has 1 aliphatic heterocycles. The van der Waals surface area contributed by atoms with Gasteiger partial charge in [-0.05, 0) is 72.6 Å². The summed E-state index contributed by atoms with van der Waals surface area (Å²) in [7, 11) is 0. The fraction of sp³-hybridized carbons (Fsp3) is 0.905. The van der Waals surface area contributed by atoms with Gasteiger partial charge in [0.15, 0.2) is 0 Å². The fourth-order valence-corrected chi connectivity index (χ4v) is 3.66. The lowest BCUT2D eigenvalue weighted by atomic mass is 9.85. The number of hydrogen-bond donors (Lipinski definition) is 0. The molecule has 0 aromatic carbocycles. The molecule has 0 spiro atoms. The second kappa shape index (κ2) is 9.76. The molecule has 1 rings (SSSR count). The Bertz CT molecular complexity index is 495. The maximum absolute atomic E-state index is 12.9. The molecule has 1 saturated heterocycles. The van der Waals surface area contributed by atoms with Crippen LogP contribution in [0.4, 0.5) is 4.79 Å². The van der Waals surface area contributed by atoms with E-state index in [1.165, 1.54) is 0 Å². The molecule has 0 aliphatic carbocycles. The molecular weight excluding hydrogens is 346 g/mol. The zero-order chi connectivity index (χ0) is 20.8. The zero-order valence-corrected chi connectivity index (χ0v) is 18.5. The molecule has 27 heavy (non-hydrogen) atoms. The molecular formula is C21H39NO5. The molecule has 0 saturated carbocycles. The van der Waals surface area contributed by atoms with E-state index in [-0.39, 0.29) is 24.0 Å². The number of carbonyl (C=O) groups is 2. The van der Waals surface area contributed by atoms with Crippen molar-refractivity contribution in [3.63, 3.8) is 0 Å². The van der Waals surface area contributed by atoms with Crippen molar-refractivity contribution < 1.29 is 23.8 Å². The first-order valence-corrected chi connectivity index (χ1v) is 10.2. The summed E-state index contributed by atoms with van der Waals surface area (Å²) >= 11 is 0. The summed E-state index contributed by atoms with van der Waals surface area (Å²) in [5, 5.41) is 0. The number of esters is 1. The average molecular weight is 386 g/mol. The number of ether oxygens (including phenoxy) is 3. The van der Waals surface area contributed by atoms with Gasteiger partial charge in [0.25, 0.3) is 0 Å². The van der Waals surface area contributed by atoms with Crippen molar-refractivity contribution in [2.24, 2.45) is 11.8 Å². The molecule has 158 valence electrons. The van der Waals surface area contributed by atoms with Gasteiger partial charge >= 0.3 is 12.1 Å². The Morgan fingerprint density at radius 2 is 1.89 bits per heavy atom. The highest BCUT2D eigenvalue weighted by atomic mass is 16.6. The van der Waals surface area contributed by atoms with E-state index in [4.69, 9.17) is 14.2 Å². The normalized spacial score (nSPS) is 20.6. The quantitative estimate of drug-likeness (QED) is 0.564. The summed E-state index contributed by atoms with van der Waals surface area (Å²) in [6.07, 6.45) is 2.63. The Labute approximate surface area is 164 Å². The third-order valence-electron chi connectivity index (χ3n) is 4.69. The fourth-order valence-electron chi connectivity index (χ4n) is 3.66. The number of rotatable bonds is 8. The topological polar surface area (TPSA) is 65.1 Å². The summed E-state index contributed by atoms with van der Waals surface area (Å²) in [4.78, 5) is 26.3. The van der Waals surface area contributed by atoms with Crippen molar-refractivity contribution in [3.8, 4) is 0 Å². The minimum absolute atomic E-state index is 0.0561. The maximum atomic E-state index is 12.9. The number of nitrogens with zero attached hydrogens (tertiary/aromatic N) is 1. The number of carbonyl (C=O) groups excluding carboxylic acids is 2. The molecule has 1 aliphatic rings. The van der Waals surface area contributed by atoms with Gasteiger partial charge in [0.05, 0.1) is 19.3 Å². The first kappa shape index (κ1) is 23.7. The lowest BCUT2D eigenvalue weighted by Crippen LogP contribution is -2.52. The average Bonchev–Trinajstić information content (AvgIpc) is 2.79. The lowest BCUT2D eigenvalue weighted by Gasteiger charge is -2.38. The van der Waals surface area contributed by atoms with Crippen LogP contribution in [0, 0.1) is 11.8 Å². The van der Waals surface area contributed by atoms with Gasteiger partial charge in [-0.1, -0.05) is 13.8 Å². The van der Waals surface area contributed by atoms with Crippen LogP contribution in [0.15, 0.2) is 0 Å². The maximum Gasteiger partial charge on any atom is 0.412 e. The second-order valence-electron chi connectivity index (χ2n) is 9.26. The van der Waals surface area contributed by atoms with Crippen LogP contribution in [-0.2, 0) is 19.0 Å². The molecule has 1 amide bonds. The number of amides is 1. The monoisotopic (exact) mass is 385 g/mol. The summed E-state index contributed by atoms with van der Waals surface area (Å²) in [5.41, 5.74) is -1.26. The van der Waals surface area contributed by atoms with Crippen LogP contribution in [0.25, 0.3) is 0 Å². The molecule has 6 nitrogen and oxygen atoms in total. The Morgan fingerprint density at radius 1 is 1.26 bits per heavy atom. The Kier molecular flexibility index (Phi) is 8.58. The molecule has 0 unspecified atom stereocenters. The molecule has 0 aromatic heterocycles. The number of hydrogen-bond acceptors (Lipinski definition) is 5. The summed E-state index contributed by atoms with van der Waals surface area (Å²) in [6.45, 7) is 16.5. The van der Waals surface area contributed by atoms with Gasteiger partial charge in [0.1, 0.15) is 11.3 Å². The van der Waals surface area contributed by atoms with Gasteiger partial charge in [-0.3, -0.25) is 9.69 Å². The molecule has 2 atom stereocenters. The van der Waals surface area contributed by atoms with E-state index in [0.29, 0.717) is 25.6 Å². The highest BCUT2D eigenvalue weighted by molar-refractivity contribution is 5.70. The van der Waals surface area contributed by atoms with E-state index in [9.17, 15) is 9.59 Å². The van der Waals surface area contributed by atoms with Crippen LogP contribution in [-0.4, -0.2) is 47.5 Å². The smallest absolute Gasteiger partial charge is 0.412 e. The zero-order valence-electron chi connectivity index (χ0n) is 18.5. The minimum atomic E-state index is -0.705. The van der Waals surface area contributed by atoms with E-state index in [1.54, 1.807) is 4.90 Å². The van der Waals surface area contributed by atoms with Crippen LogP contribution >= 0.6 is 0 Å². The first-order chi connectivity index (χ1) is 12.4. The minimum Gasteiger partial charge on any atom is -0.466 e. The molecule has 6 heteroatoms. The third-order valence-corrected chi connectivity index (χ3v) is 4.69. The SMILES string of the molecule is CCOC(=O)CCC[C@@H](CC(C)C)[C@@H]1COC(C)(C)N1C(=O)OC(C)(C)C. The molecule has 1 fully saturated rings. The molecule has 0 bridgehead atoms. The molecule has 1 heterocycles. The third kappa shape index (κ3) is 7.68. The Hall–Kier alpha value is -1.30. The van der Waals surface area contributed by atoms with Crippen molar-refractivity contribution in [1.82, 2.24) is 4.90 Å². The van der Waals surface area contributed by atoms with Crippen LogP contribution in [0.2, 0.25) is 0 Å². The summed E-state index contributed by atoms with van der Waals surface area (Å²) in [6, 6.07) is -0.0561. The van der Waals surface area contributed by atoms with Gasteiger partial charge in [0, 0.05) is 6.42 Å². The predicted molar refractivity (Wildman–Crippen MR) is 105 cm³/mol. The van der Waals surface area contributed by atoms with Gasteiger partial charge in [-0.25, -0.2) is 4.79 Å². The van der Waals surface area contributed by atoms with E-state index in [2.05, 4.69) is 13.8 Å². The lowest BCUT2D eigenvalue weighted by molar-refractivity contribution is -0.143. The molecule has 0 N–H and O–H groups in total. The van der Waals surface area contributed by atoms with Crippen molar-refractivity contribution in [3.05, 3.63) is 0 Å². The Morgan fingerprint density at radius 3 is 2.41 bits per heavy atom. The highest BCUT2D eigenvalue weighted by Gasteiger charge is 2.48. The van der Waals surface area contributed by atoms with Crippen LogP contribution < -0.4 is 0 Å². The van der Waals surface area contributed by atoms with Crippen molar-refractivity contribution in [2.45, 2.75) is 98.4 Å². The largest absolute Gasteiger partial charge is 0.466 e. The Balaban J connectivity index is 2.90. The molecule has 0 aromatic rings. The van der Waals surface area contributed by atoms with Gasteiger partial charge < -0.3 is 14.2 Å². The predicted octanol–water partition coefficient (Wildman–Crippen LogP) is 4.75. The first-order valence-electron chi connectivity index (χ1n) is 10.2. The highest BCUT2D eigenvalue weighted by Crippen LogP contribution is 2.36. The van der Waals surface area contributed by atoms with Crippen molar-refractivity contribution in [1.29, 1.82) is 0 Å². The van der Waals surface area contributed by atoms with E-state index in [0.717, 1.165) is 19.3 Å². The van der Waals surface area contributed by atoms with Crippen molar-refractivity contribution in [2.75, 3.05) is 13.2 Å². The van der Waals surface area contributed by atoms with E-state index >= 15 is 0 Å². The van der Waals surface area contributed by atoms with E-state index in [1.807, 2.05) is 41.5 Å².